The number of nitrogens with zero attached hydrogens (tertiary/aromatic N) is 2. The summed E-state index contributed by atoms with van der Waals surface area (Å²) in [5.41, 5.74) is 0. The lowest BCUT2D eigenvalue weighted by Crippen LogP contribution is -2.44. The summed E-state index contributed by atoms with van der Waals surface area (Å²) in [5.74, 6) is 0.926. The normalized spacial score (nSPS) is 24.5. The summed E-state index contributed by atoms with van der Waals surface area (Å²) in [6, 6.07) is 1.44. The third kappa shape index (κ3) is 4.76. The average molecular weight is 364 g/mol. The molecular weight excluding hydrogens is 339 g/mol. The number of hydrogen-bond acceptors (Lipinski definition) is 2. The van der Waals surface area contributed by atoms with Crippen LogP contribution in [0.15, 0.2) is 17.6 Å². The second kappa shape index (κ2) is 7.99. The molecule has 1 heterocycles. The van der Waals surface area contributed by atoms with Gasteiger partial charge in [-0.15, -0.1) is 30.6 Å². The Kier molecular flexibility index (Phi) is 6.99. The van der Waals surface area contributed by atoms with E-state index in [4.69, 9.17) is 0 Å². The van der Waals surface area contributed by atoms with Gasteiger partial charge in [-0.3, -0.25) is 4.90 Å². The largest absolute Gasteiger partial charge is 0.357 e. The molecule has 104 valence electrons. The van der Waals surface area contributed by atoms with E-state index < -0.39 is 0 Å². The monoisotopic (exact) mass is 364 g/mol. The Morgan fingerprint density at radius 1 is 1.44 bits per heavy atom. The van der Waals surface area contributed by atoms with Gasteiger partial charge in [-0.25, -0.2) is 4.99 Å². The molecule has 4 nitrogen and oxygen atoms in total. The molecule has 1 saturated heterocycles. The first-order valence-corrected chi connectivity index (χ1v) is 6.73. The van der Waals surface area contributed by atoms with Crippen LogP contribution in [0, 0.1) is 0 Å². The Morgan fingerprint density at radius 3 is 2.83 bits per heavy atom. The van der Waals surface area contributed by atoms with Crippen molar-refractivity contribution >= 4 is 29.9 Å². The molecule has 0 radical (unpaired) electrons. The third-order valence-electron chi connectivity index (χ3n) is 3.35. The quantitative estimate of drug-likeness (QED) is 0.337. The molecule has 2 rings (SSSR count). The first-order valence-electron chi connectivity index (χ1n) is 6.73. The number of aliphatic imine (C=N–C) groups is 1. The van der Waals surface area contributed by atoms with Gasteiger partial charge in [0, 0.05) is 31.7 Å². The number of likely N-dealkylation sites (tertiary alicyclic amines) is 1. The predicted molar refractivity (Wildman–Crippen MR) is 87.7 cm³/mol. The third-order valence-corrected chi connectivity index (χ3v) is 3.35. The molecule has 0 bridgehead atoms. The molecule has 2 N–H and O–H groups in total. The van der Waals surface area contributed by atoms with Crippen molar-refractivity contribution in [1.82, 2.24) is 15.5 Å². The van der Waals surface area contributed by atoms with Crippen LogP contribution in [0.4, 0.5) is 0 Å². The second-order valence-corrected chi connectivity index (χ2v) is 4.86. The standard InChI is InChI=1S/C13H24N4.HI/c1-3-8-15-13(14-4-2)16-11-7-9-17(10-11)12-5-6-12;/h3,11-12H,1,4-10H2,2H3,(H2,14,15,16);1H. The maximum absolute atomic E-state index is 4.44. The van der Waals surface area contributed by atoms with E-state index in [0.29, 0.717) is 12.6 Å². The summed E-state index contributed by atoms with van der Waals surface area (Å²) in [6.07, 6.45) is 5.86. The Balaban J connectivity index is 0.00000162. The van der Waals surface area contributed by atoms with Gasteiger partial charge in [-0.05, 0) is 26.2 Å². The number of nitrogens with one attached hydrogen (secondary N) is 2. The maximum Gasteiger partial charge on any atom is 0.191 e. The van der Waals surface area contributed by atoms with E-state index >= 15 is 0 Å². The van der Waals surface area contributed by atoms with Gasteiger partial charge in [0.15, 0.2) is 5.96 Å². The summed E-state index contributed by atoms with van der Waals surface area (Å²) in [6.45, 7) is 9.78. The fraction of sp³-hybridized carbons (Fsp3) is 0.769. The van der Waals surface area contributed by atoms with Crippen molar-refractivity contribution in [3.8, 4) is 0 Å². The first-order chi connectivity index (χ1) is 8.33. The molecule has 1 atom stereocenters. The van der Waals surface area contributed by atoms with Crippen molar-refractivity contribution in [2.45, 2.75) is 38.3 Å². The minimum atomic E-state index is 0. The van der Waals surface area contributed by atoms with Gasteiger partial charge in [0.2, 0.25) is 0 Å². The van der Waals surface area contributed by atoms with Crippen LogP contribution >= 0.6 is 24.0 Å². The van der Waals surface area contributed by atoms with Crippen LogP contribution in [0.5, 0.6) is 0 Å². The minimum absolute atomic E-state index is 0. The molecule has 2 aliphatic rings. The summed E-state index contributed by atoms with van der Waals surface area (Å²) in [7, 11) is 0. The average Bonchev–Trinajstić information content (AvgIpc) is 3.08. The second-order valence-electron chi connectivity index (χ2n) is 4.86. The highest BCUT2D eigenvalue weighted by Crippen LogP contribution is 2.29. The van der Waals surface area contributed by atoms with Gasteiger partial charge >= 0.3 is 0 Å². The van der Waals surface area contributed by atoms with Crippen molar-refractivity contribution in [2.24, 2.45) is 4.99 Å². The maximum atomic E-state index is 4.44. The van der Waals surface area contributed by atoms with E-state index in [1.165, 1.54) is 32.4 Å². The smallest absolute Gasteiger partial charge is 0.191 e. The van der Waals surface area contributed by atoms with Gasteiger partial charge in [0.25, 0.3) is 0 Å². The highest BCUT2D eigenvalue weighted by atomic mass is 127. The lowest BCUT2D eigenvalue weighted by molar-refractivity contribution is 0.321. The van der Waals surface area contributed by atoms with Crippen LogP contribution in [-0.4, -0.2) is 49.1 Å². The Labute approximate surface area is 127 Å². The van der Waals surface area contributed by atoms with Gasteiger partial charge in [-0.2, -0.15) is 0 Å². The molecule has 1 saturated carbocycles. The molecule has 18 heavy (non-hydrogen) atoms. The highest BCUT2D eigenvalue weighted by molar-refractivity contribution is 14.0. The molecule has 1 aliphatic heterocycles. The molecule has 0 amide bonds. The summed E-state index contributed by atoms with van der Waals surface area (Å²) in [5, 5.41) is 6.79. The lowest BCUT2D eigenvalue weighted by Gasteiger charge is -2.18. The van der Waals surface area contributed by atoms with E-state index in [0.717, 1.165) is 18.5 Å². The van der Waals surface area contributed by atoms with Crippen LogP contribution in [0.25, 0.3) is 0 Å². The number of rotatable bonds is 5. The SMILES string of the molecule is C=CCN=C(NCC)NC1CCN(C2CC2)C1.I. The number of guanidine groups is 1. The van der Waals surface area contributed by atoms with Gasteiger partial charge in [0.05, 0.1) is 6.54 Å². The Morgan fingerprint density at radius 2 is 2.22 bits per heavy atom. The van der Waals surface area contributed by atoms with Crippen LogP contribution < -0.4 is 10.6 Å². The molecular formula is C13H25IN4. The molecule has 0 aromatic carbocycles. The molecule has 1 aliphatic carbocycles. The highest BCUT2D eigenvalue weighted by Gasteiger charge is 2.34. The summed E-state index contributed by atoms with van der Waals surface area (Å²) in [4.78, 5) is 7.04. The molecule has 2 fully saturated rings. The van der Waals surface area contributed by atoms with Gasteiger partial charge in [0.1, 0.15) is 0 Å². The fourth-order valence-electron chi connectivity index (χ4n) is 2.35. The number of hydrogen-bond donors (Lipinski definition) is 2. The molecule has 0 aromatic rings. The fourth-order valence-corrected chi connectivity index (χ4v) is 2.35. The van der Waals surface area contributed by atoms with E-state index in [2.05, 4.69) is 34.0 Å². The van der Waals surface area contributed by atoms with Crippen LogP contribution in [-0.2, 0) is 0 Å². The van der Waals surface area contributed by atoms with E-state index in [1.54, 1.807) is 0 Å². The van der Waals surface area contributed by atoms with E-state index in [9.17, 15) is 0 Å². The summed E-state index contributed by atoms with van der Waals surface area (Å²) < 4.78 is 0. The minimum Gasteiger partial charge on any atom is -0.357 e. The Hall–Kier alpha value is -0.300. The topological polar surface area (TPSA) is 39.7 Å². The zero-order valence-electron chi connectivity index (χ0n) is 11.2. The zero-order valence-corrected chi connectivity index (χ0v) is 13.5. The van der Waals surface area contributed by atoms with Crippen molar-refractivity contribution < 1.29 is 0 Å². The van der Waals surface area contributed by atoms with Crippen LogP contribution in [0.1, 0.15) is 26.2 Å². The van der Waals surface area contributed by atoms with Crippen LogP contribution in [0.3, 0.4) is 0 Å². The van der Waals surface area contributed by atoms with Crippen molar-refractivity contribution in [3.05, 3.63) is 12.7 Å². The zero-order chi connectivity index (χ0) is 12.1. The molecule has 1 unspecified atom stereocenters. The predicted octanol–water partition coefficient (Wildman–Crippen LogP) is 1.58. The molecule has 0 spiro atoms. The van der Waals surface area contributed by atoms with Crippen molar-refractivity contribution in [1.29, 1.82) is 0 Å². The molecule has 5 heteroatoms. The van der Waals surface area contributed by atoms with Crippen molar-refractivity contribution in [2.75, 3.05) is 26.2 Å². The first kappa shape index (κ1) is 15.8. The Bertz CT molecular complexity index is 289. The summed E-state index contributed by atoms with van der Waals surface area (Å²) >= 11 is 0. The van der Waals surface area contributed by atoms with E-state index in [-0.39, 0.29) is 24.0 Å². The lowest BCUT2D eigenvalue weighted by atomic mass is 10.3. The van der Waals surface area contributed by atoms with Gasteiger partial charge in [-0.1, -0.05) is 6.08 Å². The molecule has 0 aromatic heterocycles. The van der Waals surface area contributed by atoms with E-state index in [1.807, 2.05) is 6.08 Å². The van der Waals surface area contributed by atoms with Crippen molar-refractivity contribution in [3.63, 3.8) is 0 Å². The number of halogens is 1. The van der Waals surface area contributed by atoms with Gasteiger partial charge < -0.3 is 10.6 Å². The van der Waals surface area contributed by atoms with Crippen LogP contribution in [0.2, 0.25) is 0 Å².